The third-order valence-electron chi connectivity index (χ3n) is 7.57. The Morgan fingerprint density at radius 3 is 2.70 bits per heavy atom. The van der Waals surface area contributed by atoms with Crippen molar-refractivity contribution in [3.63, 3.8) is 0 Å². The highest BCUT2D eigenvalue weighted by Crippen LogP contribution is 2.38. The molecule has 5 rings (SSSR count). The standard InChI is InChI=1S/C28H33FN4O3S/c1-17-8-9-21(20-6-3-2-5-19(17)20)23-16-37-27(31-23)24-7-4-12-33(24)28(35)25(18-10-13-36-14-11-18)32-26(34)22(30)15-29/h2-3,5-6,8-9,16,18,22,24-25H,4,7,10-15,30H2,1H3,(H,32,34)/t22?,24-,25-/m0/s1. The Morgan fingerprint density at radius 1 is 1.19 bits per heavy atom. The third kappa shape index (κ3) is 5.26. The molecule has 0 spiro atoms. The van der Waals surface area contributed by atoms with Crippen molar-refractivity contribution in [3.8, 4) is 11.3 Å². The van der Waals surface area contributed by atoms with E-state index in [4.69, 9.17) is 15.5 Å². The Labute approximate surface area is 220 Å². The molecule has 1 aromatic heterocycles. The normalized spacial score (nSPS) is 20.2. The zero-order chi connectivity index (χ0) is 25.9. The number of hydrogen-bond acceptors (Lipinski definition) is 6. The molecule has 2 saturated heterocycles. The van der Waals surface area contributed by atoms with Gasteiger partial charge in [-0.05, 0) is 54.9 Å². The van der Waals surface area contributed by atoms with E-state index < -0.39 is 24.7 Å². The van der Waals surface area contributed by atoms with Crippen LogP contribution >= 0.6 is 11.3 Å². The van der Waals surface area contributed by atoms with Crippen molar-refractivity contribution >= 4 is 33.9 Å². The number of carbonyl (C=O) groups is 2. The summed E-state index contributed by atoms with van der Waals surface area (Å²) in [6.07, 6.45) is 2.98. The molecule has 2 amide bonds. The molecule has 3 atom stereocenters. The van der Waals surface area contributed by atoms with Crippen LogP contribution in [0.2, 0.25) is 0 Å². The number of fused-ring (bicyclic) bond motifs is 1. The van der Waals surface area contributed by atoms with Crippen LogP contribution in [0, 0.1) is 12.8 Å². The molecule has 7 nitrogen and oxygen atoms in total. The van der Waals surface area contributed by atoms with Gasteiger partial charge in [0.2, 0.25) is 11.8 Å². The smallest absolute Gasteiger partial charge is 0.246 e. The van der Waals surface area contributed by atoms with Gasteiger partial charge in [-0.3, -0.25) is 9.59 Å². The molecule has 2 fully saturated rings. The molecule has 196 valence electrons. The molecule has 9 heteroatoms. The molecule has 1 unspecified atom stereocenters. The van der Waals surface area contributed by atoms with E-state index in [9.17, 15) is 14.0 Å². The predicted molar refractivity (Wildman–Crippen MR) is 143 cm³/mol. The quantitative estimate of drug-likeness (QED) is 0.484. The molecule has 3 heterocycles. The van der Waals surface area contributed by atoms with Crippen LogP contribution < -0.4 is 11.1 Å². The van der Waals surface area contributed by atoms with Crippen LogP contribution in [0.5, 0.6) is 0 Å². The van der Waals surface area contributed by atoms with E-state index in [0.717, 1.165) is 34.5 Å². The van der Waals surface area contributed by atoms with E-state index in [1.807, 2.05) is 17.0 Å². The molecular formula is C28H33FN4O3S. The SMILES string of the molecule is Cc1ccc(-c2csc([C@@H]3CCCN3C(=O)[C@@H](NC(=O)C(N)CF)C3CCOCC3)n2)c2ccccc12. The minimum absolute atomic E-state index is 0.0796. The van der Waals surface area contributed by atoms with Gasteiger partial charge >= 0.3 is 0 Å². The average molecular weight is 525 g/mol. The Bertz CT molecular complexity index is 1280. The number of ether oxygens (including phenoxy) is 1. The van der Waals surface area contributed by atoms with E-state index in [2.05, 4.69) is 41.9 Å². The van der Waals surface area contributed by atoms with Crippen molar-refractivity contribution in [2.45, 2.75) is 50.7 Å². The van der Waals surface area contributed by atoms with Gasteiger partial charge in [0, 0.05) is 30.7 Å². The fourth-order valence-corrected chi connectivity index (χ4v) is 6.43. The number of thiazole rings is 1. The first-order valence-electron chi connectivity index (χ1n) is 12.9. The number of benzene rings is 2. The van der Waals surface area contributed by atoms with E-state index in [0.29, 0.717) is 32.6 Å². The van der Waals surface area contributed by atoms with Gasteiger partial charge in [0.05, 0.1) is 11.7 Å². The van der Waals surface area contributed by atoms with E-state index >= 15 is 0 Å². The number of halogens is 1. The molecule has 0 saturated carbocycles. The van der Waals surface area contributed by atoms with Crippen molar-refractivity contribution in [3.05, 3.63) is 52.3 Å². The van der Waals surface area contributed by atoms with Gasteiger partial charge in [-0.1, -0.05) is 36.4 Å². The maximum absolute atomic E-state index is 13.9. The highest BCUT2D eigenvalue weighted by Gasteiger charge is 2.40. The molecule has 2 aromatic carbocycles. The van der Waals surface area contributed by atoms with E-state index in [-0.39, 0.29) is 17.9 Å². The second kappa shape index (κ2) is 11.2. The number of rotatable bonds is 7. The summed E-state index contributed by atoms with van der Waals surface area (Å²) in [5, 5.41) is 8.09. The van der Waals surface area contributed by atoms with E-state index in [1.54, 1.807) is 11.3 Å². The largest absolute Gasteiger partial charge is 0.381 e. The topological polar surface area (TPSA) is 97.6 Å². The lowest BCUT2D eigenvalue weighted by Crippen LogP contribution is -2.56. The zero-order valence-electron chi connectivity index (χ0n) is 21.0. The molecule has 3 N–H and O–H groups in total. The number of aromatic nitrogens is 1. The summed E-state index contributed by atoms with van der Waals surface area (Å²) in [5.41, 5.74) is 8.82. The second-order valence-electron chi connectivity index (χ2n) is 9.93. The van der Waals surface area contributed by atoms with Crippen molar-refractivity contribution < 1.29 is 18.7 Å². The Hall–Kier alpha value is -2.88. The molecule has 0 bridgehead atoms. The lowest BCUT2D eigenvalue weighted by Gasteiger charge is -2.34. The van der Waals surface area contributed by atoms with Crippen LogP contribution in [0.15, 0.2) is 41.8 Å². The first-order chi connectivity index (χ1) is 18.0. The van der Waals surface area contributed by atoms with Crippen LogP contribution in [0.4, 0.5) is 4.39 Å². The van der Waals surface area contributed by atoms with Gasteiger partial charge in [0.1, 0.15) is 23.8 Å². The minimum atomic E-state index is -1.28. The first kappa shape index (κ1) is 25.8. The summed E-state index contributed by atoms with van der Waals surface area (Å²) in [4.78, 5) is 33.2. The number of nitrogens with one attached hydrogen (secondary N) is 1. The minimum Gasteiger partial charge on any atom is -0.381 e. The summed E-state index contributed by atoms with van der Waals surface area (Å²) >= 11 is 1.56. The first-order valence-corrected chi connectivity index (χ1v) is 13.8. The Morgan fingerprint density at radius 2 is 1.95 bits per heavy atom. The number of nitrogens with zero attached hydrogens (tertiary/aromatic N) is 2. The average Bonchev–Trinajstić information content (AvgIpc) is 3.62. The van der Waals surface area contributed by atoms with Crippen molar-refractivity contribution in [1.29, 1.82) is 0 Å². The van der Waals surface area contributed by atoms with Gasteiger partial charge < -0.3 is 20.7 Å². The zero-order valence-corrected chi connectivity index (χ0v) is 21.8. The van der Waals surface area contributed by atoms with Crippen molar-refractivity contribution in [2.75, 3.05) is 26.4 Å². The molecule has 0 radical (unpaired) electrons. The van der Waals surface area contributed by atoms with E-state index in [1.165, 1.54) is 10.9 Å². The van der Waals surface area contributed by atoms with Crippen molar-refractivity contribution in [2.24, 2.45) is 11.7 Å². The van der Waals surface area contributed by atoms with Crippen LogP contribution in [0.25, 0.3) is 22.0 Å². The Kier molecular flexibility index (Phi) is 7.83. The highest BCUT2D eigenvalue weighted by molar-refractivity contribution is 7.10. The molecule has 3 aromatic rings. The highest BCUT2D eigenvalue weighted by atomic mass is 32.1. The van der Waals surface area contributed by atoms with Crippen molar-refractivity contribution in [1.82, 2.24) is 15.2 Å². The van der Waals surface area contributed by atoms with Crippen LogP contribution in [0.3, 0.4) is 0 Å². The van der Waals surface area contributed by atoms with Gasteiger partial charge in [-0.25, -0.2) is 9.37 Å². The number of amides is 2. The monoisotopic (exact) mass is 524 g/mol. The fraction of sp³-hybridized carbons (Fsp3) is 0.464. The van der Waals surface area contributed by atoms with Crippen LogP contribution in [0.1, 0.15) is 42.3 Å². The summed E-state index contributed by atoms with van der Waals surface area (Å²) in [5.74, 6) is -0.860. The maximum atomic E-state index is 13.9. The third-order valence-corrected chi connectivity index (χ3v) is 8.51. The van der Waals surface area contributed by atoms with Crippen LogP contribution in [-0.2, 0) is 14.3 Å². The number of aryl methyl sites for hydroxylation is 1. The van der Waals surface area contributed by atoms with Crippen LogP contribution in [-0.4, -0.2) is 60.2 Å². The Balaban J connectivity index is 1.41. The number of likely N-dealkylation sites (tertiary alicyclic amines) is 1. The van der Waals surface area contributed by atoms with Gasteiger partial charge in [-0.2, -0.15) is 0 Å². The van der Waals surface area contributed by atoms with Gasteiger partial charge in [0.25, 0.3) is 0 Å². The molecule has 0 aliphatic carbocycles. The lowest BCUT2D eigenvalue weighted by atomic mass is 9.90. The number of hydrogen-bond donors (Lipinski definition) is 2. The number of alkyl halides is 1. The maximum Gasteiger partial charge on any atom is 0.246 e. The lowest BCUT2D eigenvalue weighted by molar-refractivity contribution is -0.140. The molecule has 37 heavy (non-hydrogen) atoms. The molecular weight excluding hydrogens is 491 g/mol. The summed E-state index contributed by atoms with van der Waals surface area (Å²) in [7, 11) is 0. The fourth-order valence-electron chi connectivity index (χ4n) is 5.46. The predicted octanol–water partition coefficient (Wildman–Crippen LogP) is 4.14. The number of nitrogens with two attached hydrogens (primary N) is 1. The van der Waals surface area contributed by atoms with Gasteiger partial charge in [-0.15, -0.1) is 11.3 Å². The second-order valence-corrected chi connectivity index (χ2v) is 10.8. The summed E-state index contributed by atoms with van der Waals surface area (Å²) in [6, 6.07) is 10.4. The summed E-state index contributed by atoms with van der Waals surface area (Å²) < 4.78 is 18.5. The summed E-state index contributed by atoms with van der Waals surface area (Å²) in [6.45, 7) is 2.79. The molecule has 2 aliphatic heterocycles. The molecule has 2 aliphatic rings. The van der Waals surface area contributed by atoms with Gasteiger partial charge in [0.15, 0.2) is 0 Å². The number of carbonyl (C=O) groups excluding carboxylic acids is 2.